The topological polar surface area (TPSA) is 96.7 Å². The molecule has 1 amide bonds. The van der Waals surface area contributed by atoms with Gasteiger partial charge in [0, 0.05) is 0 Å². The zero-order valence-corrected chi connectivity index (χ0v) is 9.90. The van der Waals surface area contributed by atoms with Crippen LogP contribution < -0.4 is 11.1 Å². The lowest BCUT2D eigenvalue weighted by molar-refractivity contribution is -0.124. The van der Waals surface area contributed by atoms with Crippen LogP contribution in [0.15, 0.2) is 6.33 Å². The molecule has 1 heterocycles. The van der Waals surface area contributed by atoms with Crippen LogP contribution in [0.25, 0.3) is 0 Å². The molecule has 1 rings (SSSR count). The van der Waals surface area contributed by atoms with Gasteiger partial charge in [-0.15, -0.1) is 0 Å². The number of aromatic amines is 1. The average molecular weight is 225 g/mol. The van der Waals surface area contributed by atoms with E-state index >= 15 is 0 Å². The Labute approximate surface area is 95.0 Å². The lowest BCUT2D eigenvalue weighted by Gasteiger charge is -2.19. The fourth-order valence-corrected chi connectivity index (χ4v) is 1.31. The standard InChI is InChI=1S/C10H19N5O/c1-4-6(2)8(11)10(16)14-7(3)9-12-5-13-15-9/h5-8H,4,11H2,1-3H3,(H,14,16)(H,12,13,15)/t6-,7?,8-/m0/s1. The van der Waals surface area contributed by atoms with Gasteiger partial charge in [0.1, 0.15) is 12.2 Å². The van der Waals surface area contributed by atoms with Crippen LogP contribution >= 0.6 is 0 Å². The van der Waals surface area contributed by atoms with Gasteiger partial charge in [-0.1, -0.05) is 20.3 Å². The fraction of sp³-hybridized carbons (Fsp3) is 0.700. The molecule has 0 radical (unpaired) electrons. The zero-order chi connectivity index (χ0) is 12.1. The summed E-state index contributed by atoms with van der Waals surface area (Å²) in [4.78, 5) is 15.7. The van der Waals surface area contributed by atoms with Crippen LogP contribution in [0.4, 0.5) is 0 Å². The Morgan fingerprint density at radius 1 is 1.62 bits per heavy atom. The summed E-state index contributed by atoms with van der Waals surface area (Å²) in [7, 11) is 0. The van der Waals surface area contributed by atoms with Gasteiger partial charge in [-0.25, -0.2) is 4.98 Å². The van der Waals surface area contributed by atoms with E-state index in [0.29, 0.717) is 5.82 Å². The van der Waals surface area contributed by atoms with Crippen LogP contribution in [0.5, 0.6) is 0 Å². The molecule has 1 aromatic rings. The Balaban J connectivity index is 2.51. The number of amides is 1. The molecule has 0 aliphatic heterocycles. The minimum atomic E-state index is -0.477. The predicted octanol–water partition coefficient (Wildman–Crippen LogP) is 0.355. The number of aromatic nitrogens is 3. The van der Waals surface area contributed by atoms with Gasteiger partial charge in [0.2, 0.25) is 5.91 Å². The van der Waals surface area contributed by atoms with Crippen molar-refractivity contribution in [2.75, 3.05) is 0 Å². The Kier molecular flexibility index (Phi) is 4.42. The minimum Gasteiger partial charge on any atom is -0.345 e. The maximum Gasteiger partial charge on any atom is 0.237 e. The van der Waals surface area contributed by atoms with E-state index in [4.69, 9.17) is 5.73 Å². The minimum absolute atomic E-state index is 0.154. The van der Waals surface area contributed by atoms with E-state index in [1.165, 1.54) is 6.33 Å². The summed E-state index contributed by atoms with van der Waals surface area (Å²) in [6.45, 7) is 5.81. The van der Waals surface area contributed by atoms with E-state index in [0.717, 1.165) is 6.42 Å². The number of nitrogens with zero attached hydrogens (tertiary/aromatic N) is 2. The lowest BCUT2D eigenvalue weighted by atomic mass is 9.99. The molecule has 0 aromatic carbocycles. The van der Waals surface area contributed by atoms with Crippen LogP contribution in [0.1, 0.15) is 39.1 Å². The highest BCUT2D eigenvalue weighted by atomic mass is 16.2. The van der Waals surface area contributed by atoms with Gasteiger partial charge in [-0.3, -0.25) is 9.89 Å². The van der Waals surface area contributed by atoms with Gasteiger partial charge in [-0.2, -0.15) is 5.10 Å². The number of carbonyl (C=O) groups is 1. The third-order valence-electron chi connectivity index (χ3n) is 2.76. The highest BCUT2D eigenvalue weighted by molar-refractivity contribution is 5.82. The Morgan fingerprint density at radius 2 is 2.31 bits per heavy atom. The number of nitrogens with two attached hydrogens (primary N) is 1. The maximum atomic E-state index is 11.8. The van der Waals surface area contributed by atoms with E-state index in [2.05, 4.69) is 20.5 Å². The SMILES string of the molecule is CC[C@H](C)[C@H](N)C(=O)NC(C)c1ncn[nH]1. The second-order valence-corrected chi connectivity index (χ2v) is 4.01. The van der Waals surface area contributed by atoms with Crippen molar-refractivity contribution < 1.29 is 4.79 Å². The summed E-state index contributed by atoms with van der Waals surface area (Å²) >= 11 is 0. The average Bonchev–Trinajstić information content (AvgIpc) is 2.80. The maximum absolute atomic E-state index is 11.8. The van der Waals surface area contributed by atoms with Crippen molar-refractivity contribution in [1.82, 2.24) is 20.5 Å². The smallest absolute Gasteiger partial charge is 0.237 e. The van der Waals surface area contributed by atoms with Crippen LogP contribution in [-0.2, 0) is 4.79 Å². The number of H-pyrrole nitrogens is 1. The second-order valence-electron chi connectivity index (χ2n) is 4.01. The number of carbonyl (C=O) groups excluding carboxylic acids is 1. The quantitative estimate of drug-likeness (QED) is 0.673. The van der Waals surface area contributed by atoms with Crippen molar-refractivity contribution in [2.45, 2.75) is 39.3 Å². The van der Waals surface area contributed by atoms with E-state index in [1.807, 2.05) is 20.8 Å². The first-order valence-corrected chi connectivity index (χ1v) is 5.47. The third-order valence-corrected chi connectivity index (χ3v) is 2.76. The van der Waals surface area contributed by atoms with Gasteiger partial charge in [0.15, 0.2) is 0 Å². The number of rotatable bonds is 5. The molecule has 0 saturated carbocycles. The van der Waals surface area contributed by atoms with Crippen molar-refractivity contribution in [3.63, 3.8) is 0 Å². The fourth-order valence-electron chi connectivity index (χ4n) is 1.31. The Hall–Kier alpha value is -1.43. The first kappa shape index (κ1) is 12.6. The number of nitrogens with one attached hydrogen (secondary N) is 2. The number of hydrogen-bond donors (Lipinski definition) is 3. The molecule has 0 aliphatic rings. The molecule has 4 N–H and O–H groups in total. The van der Waals surface area contributed by atoms with E-state index in [-0.39, 0.29) is 17.9 Å². The molecule has 90 valence electrons. The van der Waals surface area contributed by atoms with Gasteiger partial charge in [0.25, 0.3) is 0 Å². The first-order chi connectivity index (χ1) is 7.56. The Bertz CT molecular complexity index is 324. The molecule has 1 aromatic heterocycles. The molecule has 0 bridgehead atoms. The molecule has 6 heteroatoms. The van der Waals surface area contributed by atoms with Crippen LogP contribution in [-0.4, -0.2) is 27.1 Å². The highest BCUT2D eigenvalue weighted by Gasteiger charge is 2.21. The molecule has 0 saturated heterocycles. The van der Waals surface area contributed by atoms with Gasteiger partial charge < -0.3 is 11.1 Å². The van der Waals surface area contributed by atoms with Crippen molar-refractivity contribution in [1.29, 1.82) is 0 Å². The summed E-state index contributed by atoms with van der Waals surface area (Å²) in [6, 6.07) is -0.680. The Morgan fingerprint density at radius 3 is 2.81 bits per heavy atom. The van der Waals surface area contributed by atoms with Gasteiger partial charge >= 0.3 is 0 Å². The summed E-state index contributed by atoms with van der Waals surface area (Å²) in [5, 5.41) is 9.24. The molecule has 6 nitrogen and oxygen atoms in total. The van der Waals surface area contributed by atoms with E-state index in [9.17, 15) is 4.79 Å². The molecular formula is C10H19N5O. The van der Waals surface area contributed by atoms with Crippen molar-refractivity contribution in [3.8, 4) is 0 Å². The molecule has 1 unspecified atom stereocenters. The molecule has 0 spiro atoms. The monoisotopic (exact) mass is 225 g/mol. The second kappa shape index (κ2) is 5.60. The predicted molar refractivity (Wildman–Crippen MR) is 60.4 cm³/mol. The van der Waals surface area contributed by atoms with Gasteiger partial charge in [0.05, 0.1) is 12.1 Å². The van der Waals surface area contributed by atoms with Crippen LogP contribution in [0, 0.1) is 5.92 Å². The number of hydrogen-bond acceptors (Lipinski definition) is 4. The summed E-state index contributed by atoms with van der Waals surface area (Å²) < 4.78 is 0. The van der Waals surface area contributed by atoms with Crippen LogP contribution in [0.2, 0.25) is 0 Å². The largest absolute Gasteiger partial charge is 0.345 e. The molecule has 0 fully saturated rings. The van der Waals surface area contributed by atoms with Crippen LogP contribution in [0.3, 0.4) is 0 Å². The summed E-state index contributed by atoms with van der Waals surface area (Å²) in [6.07, 6.45) is 2.29. The lowest BCUT2D eigenvalue weighted by Crippen LogP contribution is -2.45. The van der Waals surface area contributed by atoms with Crippen molar-refractivity contribution in [2.24, 2.45) is 11.7 Å². The molecule has 0 aliphatic carbocycles. The summed E-state index contributed by atoms with van der Waals surface area (Å²) in [5.41, 5.74) is 5.81. The van der Waals surface area contributed by atoms with Crippen molar-refractivity contribution >= 4 is 5.91 Å². The summed E-state index contributed by atoms with van der Waals surface area (Å²) in [5.74, 6) is 0.643. The molecule has 16 heavy (non-hydrogen) atoms. The van der Waals surface area contributed by atoms with Crippen molar-refractivity contribution in [3.05, 3.63) is 12.2 Å². The third kappa shape index (κ3) is 3.03. The van der Waals surface area contributed by atoms with Gasteiger partial charge in [-0.05, 0) is 12.8 Å². The normalized spacial score (nSPS) is 16.5. The first-order valence-electron chi connectivity index (χ1n) is 5.47. The molecular weight excluding hydrogens is 206 g/mol. The van der Waals surface area contributed by atoms with E-state index in [1.54, 1.807) is 0 Å². The van der Waals surface area contributed by atoms with E-state index < -0.39 is 6.04 Å². The highest BCUT2D eigenvalue weighted by Crippen LogP contribution is 2.08. The zero-order valence-electron chi connectivity index (χ0n) is 9.90. The molecule has 3 atom stereocenters.